The molecule has 1 aliphatic carbocycles. The zero-order valence-corrected chi connectivity index (χ0v) is 20.8. The Hall–Kier alpha value is -2.69. The summed E-state index contributed by atoms with van der Waals surface area (Å²) in [5.74, 6) is 0.660. The van der Waals surface area contributed by atoms with Crippen molar-refractivity contribution in [2.75, 3.05) is 38.6 Å². The van der Waals surface area contributed by atoms with Gasteiger partial charge in [0.2, 0.25) is 11.7 Å². The Morgan fingerprint density at radius 1 is 1.17 bits per heavy atom. The van der Waals surface area contributed by atoms with E-state index < -0.39 is 0 Å². The number of aromatic nitrogens is 4. The molecule has 1 aromatic carbocycles. The number of hydrogen-bond acceptors (Lipinski definition) is 7. The number of ether oxygens (including phenoxy) is 1. The minimum atomic E-state index is -0.129. The monoisotopic (exact) mass is 496 g/mol. The molecule has 1 N–H and O–H groups in total. The summed E-state index contributed by atoms with van der Waals surface area (Å²) in [7, 11) is 0. The van der Waals surface area contributed by atoms with Crippen LogP contribution in [0.25, 0.3) is 16.7 Å². The van der Waals surface area contributed by atoms with Crippen molar-refractivity contribution in [3.63, 3.8) is 0 Å². The van der Waals surface area contributed by atoms with Crippen molar-refractivity contribution in [3.05, 3.63) is 47.3 Å². The Morgan fingerprint density at radius 3 is 2.71 bits per heavy atom. The number of carbonyl (C=O) groups excluding carboxylic acids is 1. The van der Waals surface area contributed by atoms with Crippen LogP contribution >= 0.6 is 11.8 Å². The average Bonchev–Trinajstić information content (AvgIpc) is 3.34. The van der Waals surface area contributed by atoms with Gasteiger partial charge in [0.05, 0.1) is 29.9 Å². The van der Waals surface area contributed by atoms with Gasteiger partial charge in [-0.15, -0.1) is 16.8 Å². The third-order valence-electron chi connectivity index (χ3n) is 7.20. The highest BCUT2D eigenvalue weighted by Crippen LogP contribution is 2.34. The lowest BCUT2D eigenvalue weighted by Crippen LogP contribution is -2.59. The number of benzene rings is 1. The first-order valence-electron chi connectivity index (χ1n) is 12.3. The Bertz CT molecular complexity index is 1270. The number of fused-ring (bicyclic) bond motifs is 3. The van der Waals surface area contributed by atoms with E-state index in [0.29, 0.717) is 29.4 Å². The van der Waals surface area contributed by atoms with Gasteiger partial charge in [-0.05, 0) is 25.0 Å². The Labute approximate surface area is 208 Å². The number of hydrogen-bond donors (Lipinski definition) is 1. The van der Waals surface area contributed by atoms with Crippen LogP contribution in [0.15, 0.2) is 46.9 Å². The number of morpholine rings is 1. The second-order valence-corrected chi connectivity index (χ2v) is 10.2. The molecule has 3 heterocycles. The molecule has 0 unspecified atom stereocenters. The molecule has 0 atom stereocenters. The van der Waals surface area contributed by atoms with Crippen molar-refractivity contribution in [2.24, 2.45) is 0 Å². The number of amides is 1. The maximum Gasteiger partial charge on any atom is 0.263 e. The van der Waals surface area contributed by atoms with Gasteiger partial charge in [-0.25, -0.2) is 0 Å². The minimum absolute atomic E-state index is 0.0197. The van der Waals surface area contributed by atoms with E-state index in [9.17, 15) is 9.59 Å². The molecule has 0 bridgehead atoms. The summed E-state index contributed by atoms with van der Waals surface area (Å²) in [5, 5.41) is 13.0. The third kappa shape index (κ3) is 4.74. The van der Waals surface area contributed by atoms with Crippen LogP contribution in [-0.4, -0.2) is 74.1 Å². The summed E-state index contributed by atoms with van der Waals surface area (Å²) in [4.78, 5) is 28.4. The lowest BCUT2D eigenvalue weighted by molar-refractivity contribution is -0.119. The molecule has 0 spiro atoms. The Balaban J connectivity index is 1.32. The van der Waals surface area contributed by atoms with E-state index in [2.05, 4.69) is 27.0 Å². The molecule has 1 aliphatic heterocycles. The van der Waals surface area contributed by atoms with Crippen molar-refractivity contribution >= 4 is 34.3 Å². The van der Waals surface area contributed by atoms with Crippen LogP contribution in [0.5, 0.6) is 0 Å². The highest BCUT2D eigenvalue weighted by atomic mass is 32.2. The van der Waals surface area contributed by atoms with E-state index in [1.807, 2.05) is 22.6 Å². The van der Waals surface area contributed by atoms with Crippen LogP contribution in [0, 0.1) is 0 Å². The van der Waals surface area contributed by atoms with E-state index >= 15 is 0 Å². The predicted molar refractivity (Wildman–Crippen MR) is 137 cm³/mol. The Kier molecular flexibility index (Phi) is 7.22. The zero-order valence-electron chi connectivity index (χ0n) is 19.9. The van der Waals surface area contributed by atoms with Gasteiger partial charge in [-0.2, -0.15) is 0 Å². The number of nitrogens with zero attached hydrogens (tertiary/aromatic N) is 5. The predicted octanol–water partition coefficient (Wildman–Crippen LogP) is 2.47. The molecular weight excluding hydrogens is 464 g/mol. The highest BCUT2D eigenvalue weighted by molar-refractivity contribution is 7.99. The molecule has 186 valence electrons. The number of allylic oxidation sites excluding steroid dienone is 1. The van der Waals surface area contributed by atoms with Crippen molar-refractivity contribution in [3.8, 4) is 0 Å². The van der Waals surface area contributed by atoms with Gasteiger partial charge in [0.1, 0.15) is 0 Å². The fourth-order valence-corrected chi connectivity index (χ4v) is 6.19. The van der Waals surface area contributed by atoms with Crippen molar-refractivity contribution in [1.82, 2.24) is 29.4 Å². The second kappa shape index (κ2) is 10.5. The fraction of sp³-hybridized carbons (Fsp3) is 0.520. The van der Waals surface area contributed by atoms with Crippen LogP contribution in [0.1, 0.15) is 32.1 Å². The Morgan fingerprint density at radius 2 is 1.94 bits per heavy atom. The normalized spacial score (nSPS) is 18.6. The number of para-hydroxylation sites is 1. The number of nitrogens with one attached hydrogen (secondary N) is 1. The van der Waals surface area contributed by atoms with E-state index in [0.717, 1.165) is 44.7 Å². The van der Waals surface area contributed by atoms with E-state index in [1.54, 1.807) is 16.7 Å². The molecular formula is C25H32N6O3S. The molecule has 3 aromatic rings. The highest BCUT2D eigenvalue weighted by Gasteiger charge is 2.38. The maximum absolute atomic E-state index is 13.0. The summed E-state index contributed by atoms with van der Waals surface area (Å²) in [6.07, 6.45) is 7.56. The van der Waals surface area contributed by atoms with Gasteiger partial charge >= 0.3 is 0 Å². The lowest BCUT2D eigenvalue weighted by Gasteiger charge is -2.48. The van der Waals surface area contributed by atoms with Crippen LogP contribution in [0.3, 0.4) is 0 Å². The van der Waals surface area contributed by atoms with Crippen molar-refractivity contribution in [2.45, 2.75) is 49.3 Å². The summed E-state index contributed by atoms with van der Waals surface area (Å²) in [5.41, 5.74) is 0.630. The largest absolute Gasteiger partial charge is 0.379 e. The molecule has 35 heavy (non-hydrogen) atoms. The summed E-state index contributed by atoms with van der Waals surface area (Å²) < 4.78 is 8.98. The molecule has 1 amide bonds. The van der Waals surface area contributed by atoms with Gasteiger partial charge in [0.15, 0.2) is 5.16 Å². The maximum atomic E-state index is 13.0. The molecule has 1 saturated carbocycles. The molecule has 9 nitrogen and oxygen atoms in total. The number of carbonyl (C=O) groups is 1. The molecule has 2 fully saturated rings. The molecule has 1 saturated heterocycles. The fourth-order valence-electron chi connectivity index (χ4n) is 5.42. The molecule has 0 radical (unpaired) electrons. The standard InChI is InChI=1S/C25H32N6O3S/c1-2-12-30-22(33)19-8-4-5-9-20(19)31-23(30)27-28-24(31)35-17-21(32)26-18-25(10-6-3-7-11-25)29-13-15-34-16-14-29/h2,4-5,8-9H,1,3,6-7,10-18H2,(H,26,32). The molecule has 5 rings (SSSR count). The quantitative estimate of drug-likeness (QED) is 0.378. The van der Waals surface area contributed by atoms with Crippen LogP contribution in [0.2, 0.25) is 0 Å². The topological polar surface area (TPSA) is 93.8 Å². The SMILES string of the molecule is C=CCn1c(=O)c2ccccc2n2c(SCC(=O)NCC3(N4CCOCC4)CCCCC3)nnc12. The zero-order chi connectivity index (χ0) is 24.3. The van der Waals surface area contributed by atoms with Gasteiger partial charge in [-0.3, -0.25) is 23.5 Å². The first kappa shape index (κ1) is 24.0. The average molecular weight is 497 g/mol. The second-order valence-electron chi connectivity index (χ2n) is 9.29. The van der Waals surface area contributed by atoms with Crippen molar-refractivity contribution < 1.29 is 9.53 Å². The van der Waals surface area contributed by atoms with Gasteiger partial charge < -0.3 is 10.1 Å². The van der Waals surface area contributed by atoms with Gasteiger partial charge in [-0.1, -0.05) is 49.2 Å². The van der Waals surface area contributed by atoms with E-state index in [4.69, 9.17) is 4.74 Å². The first-order valence-corrected chi connectivity index (χ1v) is 13.3. The van der Waals surface area contributed by atoms with Gasteiger partial charge in [0, 0.05) is 31.7 Å². The molecule has 2 aliphatic rings. The summed E-state index contributed by atoms with van der Waals surface area (Å²) in [6, 6.07) is 7.40. The lowest BCUT2D eigenvalue weighted by atomic mass is 9.79. The van der Waals surface area contributed by atoms with Crippen LogP contribution in [-0.2, 0) is 16.1 Å². The minimum Gasteiger partial charge on any atom is -0.379 e. The van der Waals surface area contributed by atoms with E-state index in [-0.39, 0.29) is 22.8 Å². The van der Waals surface area contributed by atoms with E-state index in [1.165, 1.54) is 31.0 Å². The van der Waals surface area contributed by atoms with Crippen molar-refractivity contribution in [1.29, 1.82) is 0 Å². The summed E-state index contributed by atoms with van der Waals surface area (Å²) in [6.45, 7) is 8.13. The molecule has 2 aromatic heterocycles. The third-order valence-corrected chi connectivity index (χ3v) is 8.13. The number of rotatable bonds is 8. The van der Waals surface area contributed by atoms with Crippen LogP contribution < -0.4 is 10.9 Å². The summed E-state index contributed by atoms with van der Waals surface area (Å²) >= 11 is 1.34. The van der Waals surface area contributed by atoms with Gasteiger partial charge in [0.25, 0.3) is 5.56 Å². The smallest absolute Gasteiger partial charge is 0.263 e. The number of thioether (sulfide) groups is 1. The van der Waals surface area contributed by atoms with Crippen LogP contribution in [0.4, 0.5) is 0 Å². The molecule has 10 heteroatoms. The first-order chi connectivity index (χ1) is 17.1.